The van der Waals surface area contributed by atoms with Gasteiger partial charge in [-0.1, -0.05) is 12.1 Å². The maximum absolute atomic E-state index is 13.9. The Balaban J connectivity index is 1.68. The summed E-state index contributed by atoms with van der Waals surface area (Å²) in [4.78, 5) is 7.71. The minimum Gasteiger partial charge on any atom is -0.375 e. The topological polar surface area (TPSA) is 72.4 Å². The molecule has 1 aromatic carbocycles. The molecule has 1 fully saturated rings. The number of benzene rings is 1. The van der Waals surface area contributed by atoms with Crippen LogP contribution in [0.5, 0.6) is 0 Å². The highest BCUT2D eigenvalue weighted by Crippen LogP contribution is 2.22. The molecule has 0 amide bonds. The molecule has 1 saturated heterocycles. The highest BCUT2D eigenvalue weighted by atomic mass is 32.2. The first-order chi connectivity index (χ1) is 11.6. The third kappa shape index (κ3) is 3.77. The van der Waals surface area contributed by atoms with E-state index in [0.29, 0.717) is 19.4 Å². The van der Waals surface area contributed by atoms with Gasteiger partial charge in [0.2, 0.25) is 10.0 Å². The molecule has 0 aliphatic carbocycles. The maximum Gasteiger partial charge on any atom is 0.246 e. The van der Waals surface area contributed by atoms with Gasteiger partial charge in [0.25, 0.3) is 0 Å². The number of rotatable bonds is 5. The monoisotopic (exact) mass is 351 g/mol. The van der Waals surface area contributed by atoms with Gasteiger partial charge in [-0.3, -0.25) is 0 Å². The highest BCUT2D eigenvalue weighted by Gasteiger charge is 2.32. The summed E-state index contributed by atoms with van der Waals surface area (Å²) >= 11 is 0. The van der Waals surface area contributed by atoms with Crippen molar-refractivity contribution in [2.75, 3.05) is 19.7 Å². The second-order valence-corrected chi connectivity index (χ2v) is 7.43. The standard InChI is InChI=1S/C16H18FN3O3S/c17-15-3-1-2-4-16(15)24(21,22)20-9-10-23-14(11-20)6-5-13-7-8-18-12-19-13/h1-4,7-8,12,14H,5-6,9-11H2/t14-/m1/s1. The minimum absolute atomic E-state index is 0.210. The van der Waals surface area contributed by atoms with Crippen LogP contribution in [0.25, 0.3) is 0 Å². The van der Waals surface area contributed by atoms with Crippen molar-refractivity contribution in [2.45, 2.75) is 23.8 Å². The summed E-state index contributed by atoms with van der Waals surface area (Å²) in [6, 6.07) is 7.24. The van der Waals surface area contributed by atoms with Gasteiger partial charge in [-0.05, 0) is 31.0 Å². The van der Waals surface area contributed by atoms with E-state index >= 15 is 0 Å². The Morgan fingerprint density at radius 2 is 2.12 bits per heavy atom. The summed E-state index contributed by atoms with van der Waals surface area (Å²) in [6.07, 6.45) is 4.21. The van der Waals surface area contributed by atoms with Crippen LogP contribution in [0.4, 0.5) is 4.39 Å². The Bertz CT molecular complexity index is 786. The average Bonchev–Trinajstić information content (AvgIpc) is 2.61. The summed E-state index contributed by atoms with van der Waals surface area (Å²) in [5, 5.41) is 0. The molecule has 128 valence electrons. The largest absolute Gasteiger partial charge is 0.375 e. The van der Waals surface area contributed by atoms with E-state index in [4.69, 9.17) is 4.74 Å². The minimum atomic E-state index is -3.86. The Hall–Kier alpha value is -1.90. The highest BCUT2D eigenvalue weighted by molar-refractivity contribution is 7.89. The van der Waals surface area contributed by atoms with E-state index in [0.717, 1.165) is 11.8 Å². The normalized spacial score (nSPS) is 19.3. The van der Waals surface area contributed by atoms with Crippen molar-refractivity contribution < 1.29 is 17.5 Å². The van der Waals surface area contributed by atoms with Crippen LogP contribution in [0.15, 0.2) is 47.8 Å². The molecule has 0 N–H and O–H groups in total. The van der Waals surface area contributed by atoms with Crippen molar-refractivity contribution in [1.82, 2.24) is 14.3 Å². The fourth-order valence-corrected chi connectivity index (χ4v) is 4.17. The fourth-order valence-electron chi connectivity index (χ4n) is 2.65. The van der Waals surface area contributed by atoms with E-state index in [-0.39, 0.29) is 24.1 Å². The molecule has 3 rings (SSSR count). The fraction of sp³-hybridized carbons (Fsp3) is 0.375. The maximum atomic E-state index is 13.9. The molecule has 2 heterocycles. The van der Waals surface area contributed by atoms with Crippen molar-refractivity contribution in [1.29, 1.82) is 0 Å². The quantitative estimate of drug-likeness (QED) is 0.819. The summed E-state index contributed by atoms with van der Waals surface area (Å²) in [6.45, 7) is 0.727. The first-order valence-electron chi connectivity index (χ1n) is 7.68. The molecule has 6 nitrogen and oxygen atoms in total. The zero-order valence-corrected chi connectivity index (χ0v) is 13.8. The van der Waals surface area contributed by atoms with Crippen LogP contribution in [0.1, 0.15) is 12.1 Å². The molecule has 0 saturated carbocycles. The van der Waals surface area contributed by atoms with Crippen LogP contribution < -0.4 is 0 Å². The summed E-state index contributed by atoms with van der Waals surface area (Å²) in [5.41, 5.74) is 0.877. The zero-order chi connectivity index (χ0) is 17.0. The second kappa shape index (κ2) is 7.33. The molecule has 0 unspecified atom stereocenters. The van der Waals surface area contributed by atoms with E-state index in [1.807, 2.05) is 6.07 Å². The van der Waals surface area contributed by atoms with Gasteiger partial charge in [-0.15, -0.1) is 0 Å². The Kier molecular flexibility index (Phi) is 5.17. The van der Waals surface area contributed by atoms with Gasteiger partial charge in [0.15, 0.2) is 0 Å². The van der Waals surface area contributed by atoms with Crippen LogP contribution in [0.2, 0.25) is 0 Å². The van der Waals surface area contributed by atoms with Crippen molar-refractivity contribution in [3.8, 4) is 0 Å². The Morgan fingerprint density at radius 3 is 2.88 bits per heavy atom. The zero-order valence-electron chi connectivity index (χ0n) is 13.0. The number of aromatic nitrogens is 2. The molecule has 2 aromatic rings. The SMILES string of the molecule is O=S(=O)(c1ccccc1F)N1CCO[C@H](CCc2ccncn2)C1. The van der Waals surface area contributed by atoms with Crippen LogP contribution in [-0.4, -0.2) is 48.5 Å². The summed E-state index contributed by atoms with van der Waals surface area (Å²) in [7, 11) is -3.86. The predicted octanol–water partition coefficient (Wildman–Crippen LogP) is 1.64. The van der Waals surface area contributed by atoms with E-state index in [1.54, 1.807) is 6.20 Å². The number of hydrogen-bond donors (Lipinski definition) is 0. The third-order valence-electron chi connectivity index (χ3n) is 3.92. The Morgan fingerprint density at radius 1 is 1.29 bits per heavy atom. The molecular weight excluding hydrogens is 333 g/mol. The van der Waals surface area contributed by atoms with E-state index < -0.39 is 15.8 Å². The number of hydrogen-bond acceptors (Lipinski definition) is 5. The van der Waals surface area contributed by atoms with E-state index in [1.165, 1.54) is 28.8 Å². The van der Waals surface area contributed by atoms with Gasteiger partial charge >= 0.3 is 0 Å². The molecular formula is C16H18FN3O3S. The lowest BCUT2D eigenvalue weighted by Crippen LogP contribution is -2.45. The van der Waals surface area contributed by atoms with E-state index in [9.17, 15) is 12.8 Å². The summed E-state index contributed by atoms with van der Waals surface area (Å²) < 4.78 is 46.1. The van der Waals surface area contributed by atoms with Crippen LogP contribution >= 0.6 is 0 Å². The van der Waals surface area contributed by atoms with Gasteiger partial charge in [0.1, 0.15) is 17.0 Å². The van der Waals surface area contributed by atoms with Crippen molar-refractivity contribution in [3.63, 3.8) is 0 Å². The molecule has 1 atom stereocenters. The van der Waals surface area contributed by atoms with Gasteiger partial charge in [0.05, 0.1) is 12.7 Å². The molecule has 8 heteroatoms. The lowest BCUT2D eigenvalue weighted by atomic mass is 10.1. The van der Waals surface area contributed by atoms with Gasteiger partial charge in [-0.25, -0.2) is 22.8 Å². The molecule has 1 aliphatic rings. The number of nitrogens with zero attached hydrogens (tertiary/aromatic N) is 3. The summed E-state index contributed by atoms with van der Waals surface area (Å²) in [5.74, 6) is -0.735. The number of ether oxygens (including phenoxy) is 1. The van der Waals surface area contributed by atoms with Crippen LogP contribution in [0.3, 0.4) is 0 Å². The molecule has 1 aromatic heterocycles. The molecule has 24 heavy (non-hydrogen) atoms. The average molecular weight is 351 g/mol. The van der Waals surface area contributed by atoms with Crippen molar-refractivity contribution >= 4 is 10.0 Å². The molecule has 0 radical (unpaired) electrons. The first kappa shape index (κ1) is 16.9. The van der Waals surface area contributed by atoms with Gasteiger partial charge in [-0.2, -0.15) is 4.31 Å². The molecule has 0 bridgehead atoms. The predicted molar refractivity (Wildman–Crippen MR) is 85.3 cm³/mol. The lowest BCUT2D eigenvalue weighted by Gasteiger charge is -2.32. The smallest absolute Gasteiger partial charge is 0.246 e. The second-order valence-electron chi connectivity index (χ2n) is 5.53. The number of morpholine rings is 1. The Labute approximate surface area is 140 Å². The van der Waals surface area contributed by atoms with Crippen molar-refractivity contribution in [3.05, 3.63) is 54.4 Å². The lowest BCUT2D eigenvalue weighted by molar-refractivity contribution is -0.00544. The van der Waals surface area contributed by atoms with Crippen LogP contribution in [-0.2, 0) is 21.2 Å². The van der Waals surface area contributed by atoms with Crippen molar-refractivity contribution in [2.24, 2.45) is 0 Å². The van der Waals surface area contributed by atoms with E-state index in [2.05, 4.69) is 9.97 Å². The molecule has 0 spiro atoms. The number of halogens is 1. The third-order valence-corrected chi connectivity index (χ3v) is 5.82. The number of sulfonamides is 1. The van der Waals surface area contributed by atoms with Gasteiger partial charge < -0.3 is 4.74 Å². The van der Waals surface area contributed by atoms with Gasteiger partial charge in [0, 0.05) is 25.0 Å². The van der Waals surface area contributed by atoms with Crippen LogP contribution in [0, 0.1) is 5.82 Å². The molecule has 1 aliphatic heterocycles. The number of aryl methyl sites for hydroxylation is 1. The first-order valence-corrected chi connectivity index (χ1v) is 9.12.